The summed E-state index contributed by atoms with van der Waals surface area (Å²) in [6, 6.07) is 4.20. The summed E-state index contributed by atoms with van der Waals surface area (Å²) in [5, 5.41) is 9.96. The molecular weight excluding hydrogens is 404 g/mol. The number of carboxylic acids is 1. The predicted octanol–water partition coefficient (Wildman–Crippen LogP) is 10.0. The maximum atomic E-state index is 12.1. The van der Waals surface area contributed by atoms with Crippen LogP contribution in [0.2, 0.25) is 0 Å². The van der Waals surface area contributed by atoms with E-state index in [4.69, 9.17) is 0 Å². The number of aromatic carboxylic acids is 1. The van der Waals surface area contributed by atoms with Crippen LogP contribution in [0.15, 0.2) is 12.1 Å². The third kappa shape index (κ3) is 11.6. The molecule has 2 heteroatoms. The van der Waals surface area contributed by atoms with Crippen molar-refractivity contribution >= 4 is 5.97 Å². The lowest BCUT2D eigenvalue weighted by Crippen LogP contribution is -2.21. The molecule has 190 valence electrons. The number of carbonyl (C=O) groups is 1. The molecule has 0 aromatic heterocycles. The van der Waals surface area contributed by atoms with E-state index in [1.54, 1.807) is 0 Å². The maximum Gasteiger partial charge on any atom is 0.335 e. The second-order valence-corrected chi connectivity index (χ2v) is 12.2. The first-order valence-corrected chi connectivity index (χ1v) is 13.9. The second kappa shape index (κ2) is 14.8. The van der Waals surface area contributed by atoms with E-state index in [1.165, 1.54) is 89.0 Å². The Kier molecular flexibility index (Phi) is 13.4. The van der Waals surface area contributed by atoms with E-state index in [9.17, 15) is 9.90 Å². The molecular formula is C31H54O2. The second-order valence-electron chi connectivity index (χ2n) is 12.2. The van der Waals surface area contributed by atoms with Crippen LogP contribution in [0.25, 0.3) is 0 Å². The number of unbranched alkanes of at least 4 members (excludes halogenated alkanes) is 13. The molecule has 0 aliphatic rings. The average molecular weight is 459 g/mol. The van der Waals surface area contributed by atoms with Gasteiger partial charge in [0.25, 0.3) is 0 Å². The van der Waals surface area contributed by atoms with Crippen LogP contribution in [0, 0.1) is 0 Å². The lowest BCUT2D eigenvalue weighted by molar-refractivity contribution is 0.0695. The van der Waals surface area contributed by atoms with Gasteiger partial charge in [0.1, 0.15) is 0 Å². The van der Waals surface area contributed by atoms with Gasteiger partial charge in [-0.05, 0) is 46.4 Å². The number of carboxylic acid groups (broad SMARTS) is 1. The fraction of sp³-hybridized carbons (Fsp3) is 0.774. The van der Waals surface area contributed by atoms with Gasteiger partial charge in [-0.1, -0.05) is 138 Å². The highest BCUT2D eigenvalue weighted by Crippen LogP contribution is 2.35. The van der Waals surface area contributed by atoms with Crippen molar-refractivity contribution in [3.63, 3.8) is 0 Å². The Morgan fingerprint density at radius 2 is 1.09 bits per heavy atom. The first kappa shape index (κ1) is 29.7. The molecule has 0 spiro atoms. The summed E-state index contributed by atoms with van der Waals surface area (Å²) < 4.78 is 0. The minimum Gasteiger partial charge on any atom is -0.478 e. The Labute approximate surface area is 206 Å². The van der Waals surface area contributed by atoms with Crippen LogP contribution in [0.5, 0.6) is 0 Å². The Morgan fingerprint density at radius 3 is 1.45 bits per heavy atom. The van der Waals surface area contributed by atoms with E-state index in [2.05, 4.69) is 54.5 Å². The zero-order valence-corrected chi connectivity index (χ0v) is 23.1. The molecule has 2 nitrogen and oxygen atoms in total. The van der Waals surface area contributed by atoms with E-state index in [-0.39, 0.29) is 10.8 Å². The van der Waals surface area contributed by atoms with Gasteiger partial charge in [0.15, 0.2) is 0 Å². The van der Waals surface area contributed by atoms with E-state index < -0.39 is 5.97 Å². The number of benzene rings is 1. The Morgan fingerprint density at radius 1 is 0.667 bits per heavy atom. The quantitative estimate of drug-likeness (QED) is 0.250. The highest BCUT2D eigenvalue weighted by Gasteiger charge is 2.26. The van der Waals surface area contributed by atoms with Gasteiger partial charge < -0.3 is 5.11 Å². The normalized spacial score (nSPS) is 12.3. The molecule has 0 atom stereocenters. The molecule has 0 unspecified atom stereocenters. The van der Waals surface area contributed by atoms with E-state index >= 15 is 0 Å². The highest BCUT2D eigenvalue weighted by atomic mass is 16.4. The van der Waals surface area contributed by atoms with Gasteiger partial charge in [-0.15, -0.1) is 0 Å². The van der Waals surface area contributed by atoms with Crippen LogP contribution in [-0.4, -0.2) is 11.1 Å². The molecule has 0 aliphatic carbocycles. The number of hydrogen-bond donors (Lipinski definition) is 1. The molecule has 0 bridgehead atoms. The predicted molar refractivity (Wildman–Crippen MR) is 145 cm³/mol. The van der Waals surface area contributed by atoms with Crippen LogP contribution in [0.4, 0.5) is 0 Å². The average Bonchev–Trinajstić information content (AvgIpc) is 2.72. The molecule has 0 heterocycles. The van der Waals surface area contributed by atoms with Crippen LogP contribution in [0.3, 0.4) is 0 Å². The topological polar surface area (TPSA) is 37.3 Å². The standard InChI is InChI=1S/C31H54O2/c1-8-9-10-11-12-13-14-15-16-17-18-19-20-21-22-26-27(29(32)33)23-25(30(2,3)4)24-28(26)31(5,6)7/h23-24H,8-22H2,1-7H3,(H,32,33). The zero-order chi connectivity index (χ0) is 24.9. The van der Waals surface area contributed by atoms with Gasteiger partial charge >= 0.3 is 5.97 Å². The lowest BCUT2D eigenvalue weighted by atomic mass is 9.76. The van der Waals surface area contributed by atoms with Crippen LogP contribution in [-0.2, 0) is 17.3 Å². The summed E-state index contributed by atoms with van der Waals surface area (Å²) in [7, 11) is 0. The summed E-state index contributed by atoms with van der Waals surface area (Å²) >= 11 is 0. The van der Waals surface area contributed by atoms with Gasteiger partial charge in [0.2, 0.25) is 0 Å². The fourth-order valence-corrected chi connectivity index (χ4v) is 4.73. The number of hydrogen-bond acceptors (Lipinski definition) is 1. The van der Waals surface area contributed by atoms with Crippen LogP contribution >= 0.6 is 0 Å². The van der Waals surface area contributed by atoms with Crippen molar-refractivity contribution in [1.29, 1.82) is 0 Å². The summed E-state index contributed by atoms with van der Waals surface area (Å²) in [5.41, 5.74) is 3.79. The van der Waals surface area contributed by atoms with Gasteiger partial charge in [-0.25, -0.2) is 4.79 Å². The molecule has 0 amide bonds. The molecule has 0 radical (unpaired) electrons. The van der Waals surface area contributed by atoms with Crippen molar-refractivity contribution in [3.8, 4) is 0 Å². The van der Waals surface area contributed by atoms with Gasteiger partial charge in [-0.2, -0.15) is 0 Å². The molecule has 0 fully saturated rings. The van der Waals surface area contributed by atoms with Crippen LogP contribution < -0.4 is 0 Å². The van der Waals surface area contributed by atoms with Crippen molar-refractivity contribution in [1.82, 2.24) is 0 Å². The van der Waals surface area contributed by atoms with Crippen molar-refractivity contribution in [2.75, 3.05) is 0 Å². The summed E-state index contributed by atoms with van der Waals surface area (Å²) in [5.74, 6) is -0.785. The molecule has 0 saturated carbocycles. The first-order valence-electron chi connectivity index (χ1n) is 13.9. The molecule has 0 aliphatic heterocycles. The largest absolute Gasteiger partial charge is 0.478 e. The highest BCUT2D eigenvalue weighted by molar-refractivity contribution is 5.90. The van der Waals surface area contributed by atoms with Crippen molar-refractivity contribution in [2.24, 2.45) is 0 Å². The molecule has 0 saturated heterocycles. The van der Waals surface area contributed by atoms with Crippen molar-refractivity contribution in [2.45, 2.75) is 156 Å². The monoisotopic (exact) mass is 458 g/mol. The Hall–Kier alpha value is -1.31. The smallest absolute Gasteiger partial charge is 0.335 e. The molecule has 1 rings (SSSR count). The lowest BCUT2D eigenvalue weighted by Gasteiger charge is -2.29. The Bertz CT molecular complexity index is 688. The number of rotatable bonds is 16. The third-order valence-electron chi connectivity index (χ3n) is 6.93. The molecule has 1 aromatic rings. The maximum absolute atomic E-state index is 12.1. The fourth-order valence-electron chi connectivity index (χ4n) is 4.73. The first-order chi connectivity index (χ1) is 15.5. The SMILES string of the molecule is CCCCCCCCCCCCCCCCc1c(C(=O)O)cc(C(C)(C)C)cc1C(C)(C)C. The molecule has 1 N–H and O–H groups in total. The summed E-state index contributed by atoms with van der Waals surface area (Å²) in [6.07, 6.45) is 19.7. The molecule has 1 aromatic carbocycles. The van der Waals surface area contributed by atoms with Crippen LogP contribution in [0.1, 0.15) is 165 Å². The van der Waals surface area contributed by atoms with E-state index in [0.717, 1.165) is 24.0 Å². The van der Waals surface area contributed by atoms with E-state index in [1.807, 2.05) is 6.07 Å². The van der Waals surface area contributed by atoms with Gasteiger partial charge in [-0.3, -0.25) is 0 Å². The van der Waals surface area contributed by atoms with Gasteiger partial charge in [0, 0.05) is 0 Å². The minimum absolute atomic E-state index is 0.0578. The van der Waals surface area contributed by atoms with Crippen molar-refractivity contribution < 1.29 is 9.90 Å². The van der Waals surface area contributed by atoms with Crippen molar-refractivity contribution in [3.05, 3.63) is 34.4 Å². The van der Waals surface area contributed by atoms with Gasteiger partial charge in [0.05, 0.1) is 5.56 Å². The third-order valence-corrected chi connectivity index (χ3v) is 6.93. The minimum atomic E-state index is -0.785. The summed E-state index contributed by atoms with van der Waals surface area (Å²) in [6.45, 7) is 15.4. The zero-order valence-electron chi connectivity index (χ0n) is 23.1. The van der Waals surface area contributed by atoms with E-state index in [0.29, 0.717) is 5.56 Å². The molecule has 33 heavy (non-hydrogen) atoms. The Balaban J connectivity index is 2.46. The summed E-state index contributed by atoms with van der Waals surface area (Å²) in [4.78, 5) is 12.1.